The van der Waals surface area contributed by atoms with Gasteiger partial charge >= 0.3 is 0 Å². The van der Waals surface area contributed by atoms with Crippen LogP contribution in [0.1, 0.15) is 12.5 Å². The van der Waals surface area contributed by atoms with Gasteiger partial charge in [-0.15, -0.1) is 0 Å². The molecule has 1 N–H and O–H groups in total. The van der Waals surface area contributed by atoms with E-state index in [2.05, 4.69) is 5.32 Å². The Morgan fingerprint density at radius 1 is 1.17 bits per heavy atom. The van der Waals surface area contributed by atoms with E-state index >= 15 is 0 Å². The lowest BCUT2D eigenvalue weighted by Crippen LogP contribution is -2.44. The zero-order valence-electron chi connectivity index (χ0n) is 12.3. The van der Waals surface area contributed by atoms with Crippen LogP contribution in [0, 0.1) is 11.6 Å². The molecule has 0 aliphatic carbocycles. The molecule has 118 valence electrons. The van der Waals surface area contributed by atoms with Crippen LogP contribution in [0.4, 0.5) is 20.2 Å². The van der Waals surface area contributed by atoms with Crippen molar-refractivity contribution in [3.8, 4) is 0 Å². The lowest BCUT2D eigenvalue weighted by atomic mass is 10.1. The number of carbonyl (C=O) groups excluding carboxylic acids is 2. The average molecular weight is 316 g/mol. The second-order valence-corrected chi connectivity index (χ2v) is 5.35. The summed E-state index contributed by atoms with van der Waals surface area (Å²) in [6.45, 7) is 1.38. The highest BCUT2D eigenvalue weighted by Gasteiger charge is 2.36. The standard InChI is InChI=1S/C17H14F2N2O2/c1-10(22)21-15-5-3-2-4-11(15)8-16(21)17(23)20-14-7-6-12(18)9-13(14)19/h2-7,9,16H,8H2,1H3,(H,20,23)/t16-/m1/s1. The van der Waals surface area contributed by atoms with Crippen LogP contribution in [0.25, 0.3) is 0 Å². The Labute approximate surface area is 131 Å². The fraction of sp³-hybridized carbons (Fsp3) is 0.176. The molecule has 0 aromatic heterocycles. The normalized spacial score (nSPS) is 16.1. The number of hydrogen-bond acceptors (Lipinski definition) is 2. The van der Waals surface area contributed by atoms with Crippen molar-refractivity contribution < 1.29 is 18.4 Å². The molecule has 1 aliphatic rings. The summed E-state index contributed by atoms with van der Waals surface area (Å²) in [6, 6.07) is 9.38. The summed E-state index contributed by atoms with van der Waals surface area (Å²) in [5, 5.41) is 2.42. The van der Waals surface area contributed by atoms with E-state index in [0.29, 0.717) is 18.2 Å². The summed E-state index contributed by atoms with van der Waals surface area (Å²) in [5.74, 6) is -2.36. The van der Waals surface area contributed by atoms with Crippen LogP contribution in [-0.2, 0) is 16.0 Å². The number of fused-ring (bicyclic) bond motifs is 1. The Hall–Kier alpha value is -2.76. The Morgan fingerprint density at radius 3 is 2.61 bits per heavy atom. The maximum atomic E-state index is 13.7. The van der Waals surface area contributed by atoms with Crippen molar-refractivity contribution in [1.29, 1.82) is 0 Å². The number of anilines is 2. The van der Waals surface area contributed by atoms with Crippen molar-refractivity contribution in [3.63, 3.8) is 0 Å². The molecule has 0 unspecified atom stereocenters. The minimum atomic E-state index is -0.858. The molecule has 23 heavy (non-hydrogen) atoms. The van der Waals surface area contributed by atoms with Gasteiger partial charge in [0.1, 0.15) is 17.7 Å². The predicted octanol–water partition coefficient (Wildman–Crippen LogP) is 2.88. The molecule has 3 rings (SSSR count). The molecule has 0 saturated carbocycles. The molecule has 0 bridgehead atoms. The van der Waals surface area contributed by atoms with Crippen LogP contribution in [0.2, 0.25) is 0 Å². The quantitative estimate of drug-likeness (QED) is 0.926. The smallest absolute Gasteiger partial charge is 0.247 e. The third kappa shape index (κ3) is 2.79. The minimum Gasteiger partial charge on any atom is -0.322 e. The highest BCUT2D eigenvalue weighted by Crippen LogP contribution is 2.32. The van der Waals surface area contributed by atoms with E-state index in [-0.39, 0.29) is 11.6 Å². The molecule has 1 aliphatic heterocycles. The topological polar surface area (TPSA) is 49.4 Å². The first-order chi connectivity index (χ1) is 11.0. The number of para-hydroxylation sites is 1. The summed E-state index contributed by atoms with van der Waals surface area (Å²) < 4.78 is 26.6. The second kappa shape index (κ2) is 5.79. The largest absolute Gasteiger partial charge is 0.322 e. The number of amides is 2. The molecular weight excluding hydrogens is 302 g/mol. The van der Waals surface area contributed by atoms with Gasteiger partial charge in [0.25, 0.3) is 0 Å². The Morgan fingerprint density at radius 2 is 1.91 bits per heavy atom. The van der Waals surface area contributed by atoms with Crippen molar-refractivity contribution in [2.45, 2.75) is 19.4 Å². The fourth-order valence-corrected chi connectivity index (χ4v) is 2.79. The number of carbonyl (C=O) groups is 2. The van der Waals surface area contributed by atoms with Gasteiger partial charge in [0.05, 0.1) is 5.69 Å². The van der Waals surface area contributed by atoms with Crippen LogP contribution in [0.3, 0.4) is 0 Å². The van der Waals surface area contributed by atoms with E-state index in [9.17, 15) is 18.4 Å². The molecule has 0 radical (unpaired) electrons. The second-order valence-electron chi connectivity index (χ2n) is 5.35. The van der Waals surface area contributed by atoms with Gasteiger partial charge in [0, 0.05) is 25.1 Å². The summed E-state index contributed by atoms with van der Waals surface area (Å²) in [7, 11) is 0. The van der Waals surface area contributed by atoms with Crippen LogP contribution < -0.4 is 10.2 Å². The van der Waals surface area contributed by atoms with Crippen molar-refractivity contribution in [2.24, 2.45) is 0 Å². The van der Waals surface area contributed by atoms with Crippen LogP contribution in [0.15, 0.2) is 42.5 Å². The van der Waals surface area contributed by atoms with Crippen molar-refractivity contribution >= 4 is 23.2 Å². The first kappa shape index (κ1) is 15.1. The van der Waals surface area contributed by atoms with Gasteiger partial charge in [-0.25, -0.2) is 8.78 Å². The van der Waals surface area contributed by atoms with Gasteiger partial charge in [0.15, 0.2) is 0 Å². The lowest BCUT2D eigenvalue weighted by molar-refractivity contribution is -0.122. The molecule has 2 amide bonds. The summed E-state index contributed by atoms with van der Waals surface area (Å²) >= 11 is 0. The maximum Gasteiger partial charge on any atom is 0.247 e. The van der Waals surface area contributed by atoms with E-state index in [1.807, 2.05) is 12.1 Å². The summed E-state index contributed by atoms with van der Waals surface area (Å²) in [6.07, 6.45) is 0.352. The Kier molecular flexibility index (Phi) is 3.82. The van der Waals surface area contributed by atoms with Crippen LogP contribution >= 0.6 is 0 Å². The van der Waals surface area contributed by atoms with E-state index < -0.39 is 23.6 Å². The van der Waals surface area contributed by atoms with Gasteiger partial charge in [-0.3, -0.25) is 14.5 Å². The van der Waals surface area contributed by atoms with Crippen molar-refractivity contribution in [2.75, 3.05) is 10.2 Å². The van der Waals surface area contributed by atoms with E-state index in [0.717, 1.165) is 17.7 Å². The first-order valence-electron chi connectivity index (χ1n) is 7.11. The summed E-state index contributed by atoms with van der Waals surface area (Å²) in [4.78, 5) is 25.8. The van der Waals surface area contributed by atoms with Gasteiger partial charge in [0.2, 0.25) is 11.8 Å². The van der Waals surface area contributed by atoms with E-state index in [4.69, 9.17) is 0 Å². The number of benzene rings is 2. The molecule has 0 spiro atoms. The molecule has 6 heteroatoms. The molecule has 0 saturated heterocycles. The average Bonchev–Trinajstić information content (AvgIpc) is 2.89. The molecule has 1 heterocycles. The molecule has 1 atom stereocenters. The zero-order chi connectivity index (χ0) is 16.6. The van der Waals surface area contributed by atoms with Crippen LogP contribution in [-0.4, -0.2) is 17.9 Å². The SMILES string of the molecule is CC(=O)N1c2ccccc2C[C@@H]1C(=O)Nc1ccc(F)cc1F. The number of halogens is 2. The fourth-order valence-electron chi connectivity index (χ4n) is 2.79. The predicted molar refractivity (Wildman–Crippen MR) is 82.1 cm³/mol. The van der Waals surface area contributed by atoms with Crippen molar-refractivity contribution in [1.82, 2.24) is 0 Å². The van der Waals surface area contributed by atoms with Gasteiger partial charge in [-0.1, -0.05) is 18.2 Å². The first-order valence-corrected chi connectivity index (χ1v) is 7.11. The summed E-state index contributed by atoms with van der Waals surface area (Å²) in [5.41, 5.74) is 1.44. The Bertz CT molecular complexity index is 792. The molecule has 2 aromatic carbocycles. The number of hydrogen-bond donors (Lipinski definition) is 1. The van der Waals surface area contributed by atoms with E-state index in [1.165, 1.54) is 11.8 Å². The molecule has 4 nitrogen and oxygen atoms in total. The highest BCUT2D eigenvalue weighted by molar-refractivity contribution is 6.06. The Balaban J connectivity index is 1.86. The number of nitrogens with one attached hydrogen (secondary N) is 1. The van der Waals surface area contributed by atoms with E-state index in [1.54, 1.807) is 12.1 Å². The number of rotatable bonds is 2. The van der Waals surface area contributed by atoms with Gasteiger partial charge < -0.3 is 5.32 Å². The third-order valence-corrected chi connectivity index (χ3v) is 3.81. The lowest BCUT2D eigenvalue weighted by Gasteiger charge is -2.23. The van der Waals surface area contributed by atoms with Gasteiger partial charge in [-0.2, -0.15) is 0 Å². The highest BCUT2D eigenvalue weighted by atomic mass is 19.1. The van der Waals surface area contributed by atoms with Crippen LogP contribution in [0.5, 0.6) is 0 Å². The van der Waals surface area contributed by atoms with Gasteiger partial charge in [-0.05, 0) is 23.8 Å². The third-order valence-electron chi connectivity index (χ3n) is 3.81. The molecular formula is C17H14F2N2O2. The minimum absolute atomic E-state index is 0.115. The maximum absolute atomic E-state index is 13.7. The molecule has 2 aromatic rings. The molecule has 0 fully saturated rings. The van der Waals surface area contributed by atoms with Crippen molar-refractivity contribution in [3.05, 3.63) is 59.7 Å². The zero-order valence-corrected chi connectivity index (χ0v) is 12.3. The number of nitrogens with zero attached hydrogens (tertiary/aromatic N) is 1. The monoisotopic (exact) mass is 316 g/mol.